The van der Waals surface area contributed by atoms with Gasteiger partial charge in [-0.1, -0.05) is 23.5 Å². The Morgan fingerprint density at radius 3 is 2.86 bits per heavy atom. The van der Waals surface area contributed by atoms with Crippen LogP contribution in [0.4, 0.5) is 5.13 Å². The van der Waals surface area contributed by atoms with E-state index in [1.165, 1.54) is 33.3 Å². The Hall–Kier alpha value is -2.04. The van der Waals surface area contributed by atoms with Crippen LogP contribution in [0.2, 0.25) is 0 Å². The second kappa shape index (κ2) is 4.48. The fourth-order valence-electron chi connectivity index (χ4n) is 1.96. The van der Waals surface area contributed by atoms with Crippen LogP contribution < -0.4 is 4.72 Å². The number of hydrogen-bond donors (Lipinski definition) is 1. The molecule has 0 saturated carbocycles. The normalized spacial score (nSPS) is 12.2. The summed E-state index contributed by atoms with van der Waals surface area (Å²) in [7, 11) is -3.83. The van der Waals surface area contributed by atoms with Crippen molar-refractivity contribution in [3.8, 4) is 0 Å². The smallest absolute Gasteiger partial charge is 0.255 e. The third-order valence-electron chi connectivity index (χ3n) is 2.81. The number of aromatic nitrogens is 4. The van der Waals surface area contributed by atoms with E-state index in [1.54, 1.807) is 5.38 Å². The molecule has 0 spiro atoms. The largest absolute Gasteiger partial charge is 0.299 e. The highest BCUT2D eigenvalue weighted by Gasteiger charge is 2.25. The van der Waals surface area contributed by atoms with Crippen molar-refractivity contribution in [1.29, 1.82) is 0 Å². The first-order valence-electron chi connectivity index (χ1n) is 5.80. The van der Waals surface area contributed by atoms with Crippen LogP contribution in [0, 0.1) is 0 Å². The van der Waals surface area contributed by atoms with Gasteiger partial charge in [0.05, 0.1) is 10.2 Å². The molecular weight excluding hydrogens is 330 g/mol. The van der Waals surface area contributed by atoms with Crippen LogP contribution in [-0.2, 0) is 10.0 Å². The molecule has 0 bridgehead atoms. The van der Waals surface area contributed by atoms with Gasteiger partial charge in [-0.2, -0.15) is 8.42 Å². The summed E-state index contributed by atoms with van der Waals surface area (Å²) in [5.41, 5.74) is 0.766. The zero-order valence-electron chi connectivity index (χ0n) is 10.3. The van der Waals surface area contributed by atoms with Gasteiger partial charge in [-0.15, -0.1) is 21.5 Å². The van der Waals surface area contributed by atoms with E-state index in [1.807, 2.05) is 24.3 Å². The highest BCUT2D eigenvalue weighted by Crippen LogP contribution is 2.28. The first-order chi connectivity index (χ1) is 10.1. The van der Waals surface area contributed by atoms with Gasteiger partial charge < -0.3 is 0 Å². The summed E-state index contributed by atoms with van der Waals surface area (Å²) in [6.45, 7) is 0. The van der Waals surface area contributed by atoms with Gasteiger partial charge in [0, 0.05) is 11.6 Å². The van der Waals surface area contributed by atoms with E-state index in [2.05, 4.69) is 19.9 Å². The van der Waals surface area contributed by atoms with Crippen LogP contribution in [-0.4, -0.2) is 28.0 Å². The van der Waals surface area contributed by atoms with Crippen LogP contribution in [0.15, 0.2) is 41.0 Å². The molecular formula is C11H7N5O2S3. The topological polar surface area (TPSA) is 89.2 Å². The molecule has 21 heavy (non-hydrogen) atoms. The Balaban J connectivity index is 1.93. The lowest BCUT2D eigenvalue weighted by Gasteiger charge is -2.02. The van der Waals surface area contributed by atoms with E-state index < -0.39 is 10.0 Å². The molecule has 1 N–H and O–H groups in total. The number of para-hydroxylation sites is 1. The summed E-state index contributed by atoms with van der Waals surface area (Å²) in [5.74, 6) is 0. The molecule has 3 aromatic heterocycles. The van der Waals surface area contributed by atoms with Crippen molar-refractivity contribution in [2.24, 2.45) is 0 Å². The summed E-state index contributed by atoms with van der Waals surface area (Å²) in [6.07, 6.45) is 1.53. The average Bonchev–Trinajstić information content (AvgIpc) is 3.12. The molecule has 0 fully saturated rings. The van der Waals surface area contributed by atoms with Crippen LogP contribution in [0.1, 0.15) is 0 Å². The molecule has 1 aromatic carbocycles. The maximum Gasteiger partial charge on any atom is 0.299 e. The molecule has 10 heteroatoms. The maximum absolute atomic E-state index is 12.5. The second-order valence-electron chi connectivity index (χ2n) is 4.11. The zero-order valence-corrected chi connectivity index (χ0v) is 12.7. The minimum Gasteiger partial charge on any atom is -0.255 e. The van der Waals surface area contributed by atoms with E-state index in [9.17, 15) is 8.42 Å². The van der Waals surface area contributed by atoms with E-state index in [0.717, 1.165) is 10.2 Å². The number of benzene rings is 1. The van der Waals surface area contributed by atoms with Crippen LogP contribution >= 0.6 is 22.7 Å². The molecule has 0 radical (unpaired) electrons. The van der Waals surface area contributed by atoms with Crippen molar-refractivity contribution in [3.05, 3.63) is 35.8 Å². The summed E-state index contributed by atoms with van der Waals surface area (Å²) in [5, 5.41) is 9.61. The molecule has 0 aliphatic rings. The summed E-state index contributed by atoms with van der Waals surface area (Å²) < 4.78 is 29.8. The third-order valence-corrected chi connectivity index (χ3v) is 5.84. The molecule has 0 amide bonds. The lowest BCUT2D eigenvalue weighted by molar-refractivity contribution is 0.591. The Morgan fingerprint density at radius 1 is 1.19 bits per heavy atom. The van der Waals surface area contributed by atoms with Gasteiger partial charge in [-0.25, -0.2) is 4.98 Å². The van der Waals surface area contributed by atoms with Crippen molar-refractivity contribution in [2.45, 2.75) is 5.16 Å². The van der Waals surface area contributed by atoms with Gasteiger partial charge in [-0.3, -0.25) is 9.12 Å². The lowest BCUT2D eigenvalue weighted by Crippen LogP contribution is -2.16. The number of nitrogens with one attached hydrogen (secondary N) is 1. The molecule has 0 atom stereocenters. The predicted molar refractivity (Wildman–Crippen MR) is 81.3 cm³/mol. The molecule has 4 rings (SSSR count). The van der Waals surface area contributed by atoms with Gasteiger partial charge in [0.15, 0.2) is 5.13 Å². The number of sulfonamides is 1. The van der Waals surface area contributed by atoms with Crippen molar-refractivity contribution in [3.63, 3.8) is 0 Å². The zero-order chi connectivity index (χ0) is 14.4. The van der Waals surface area contributed by atoms with Crippen LogP contribution in [0.3, 0.4) is 0 Å². The molecule has 0 saturated heterocycles. The standard InChI is InChI=1S/C11H7N5O2S3/c17-21(18,15-9-12-5-6-19-9)11-14-13-10-16(11)7-3-1-2-4-8(7)20-10/h1-6H,(H,12,15). The molecule has 0 aliphatic carbocycles. The maximum atomic E-state index is 12.5. The first-order valence-corrected chi connectivity index (χ1v) is 8.98. The van der Waals surface area contributed by atoms with Crippen molar-refractivity contribution in [1.82, 2.24) is 19.6 Å². The Kier molecular flexibility index (Phi) is 2.71. The number of anilines is 1. The van der Waals surface area contributed by atoms with E-state index >= 15 is 0 Å². The summed E-state index contributed by atoms with van der Waals surface area (Å²) >= 11 is 2.59. The number of nitrogens with zero attached hydrogens (tertiary/aromatic N) is 4. The Morgan fingerprint density at radius 2 is 2.05 bits per heavy atom. The van der Waals surface area contributed by atoms with Crippen molar-refractivity contribution in [2.75, 3.05) is 4.72 Å². The van der Waals surface area contributed by atoms with Gasteiger partial charge in [0.25, 0.3) is 15.2 Å². The summed E-state index contributed by atoms with van der Waals surface area (Å²) in [4.78, 5) is 4.45. The summed E-state index contributed by atoms with van der Waals surface area (Å²) in [6, 6.07) is 7.50. The monoisotopic (exact) mass is 337 g/mol. The quantitative estimate of drug-likeness (QED) is 0.619. The molecule has 3 heterocycles. The van der Waals surface area contributed by atoms with E-state index in [-0.39, 0.29) is 5.16 Å². The fourth-order valence-corrected chi connectivity index (χ4v) is 4.83. The third kappa shape index (κ3) is 1.99. The number of thiazole rings is 2. The number of hydrogen-bond acceptors (Lipinski definition) is 7. The lowest BCUT2D eigenvalue weighted by atomic mass is 10.3. The van der Waals surface area contributed by atoms with Gasteiger partial charge in [-0.05, 0) is 12.1 Å². The van der Waals surface area contributed by atoms with E-state index in [4.69, 9.17) is 0 Å². The van der Waals surface area contributed by atoms with Crippen LogP contribution in [0.25, 0.3) is 15.2 Å². The fraction of sp³-hybridized carbons (Fsp3) is 0. The van der Waals surface area contributed by atoms with Crippen molar-refractivity contribution >= 4 is 53.0 Å². The molecule has 7 nitrogen and oxygen atoms in total. The minimum absolute atomic E-state index is 0.134. The molecule has 4 aromatic rings. The second-order valence-corrected chi connectivity index (χ2v) is 7.59. The minimum atomic E-state index is -3.83. The molecule has 106 valence electrons. The highest BCUT2D eigenvalue weighted by atomic mass is 32.2. The predicted octanol–water partition coefficient (Wildman–Crippen LogP) is 2.20. The van der Waals surface area contributed by atoms with Gasteiger partial charge in [0.1, 0.15) is 0 Å². The Bertz CT molecular complexity index is 1030. The van der Waals surface area contributed by atoms with Crippen LogP contribution in [0.5, 0.6) is 0 Å². The number of rotatable bonds is 3. The number of fused-ring (bicyclic) bond motifs is 3. The highest BCUT2D eigenvalue weighted by molar-refractivity contribution is 7.92. The first kappa shape index (κ1) is 12.7. The molecule has 0 aliphatic heterocycles. The molecule has 0 unspecified atom stereocenters. The van der Waals surface area contributed by atoms with Gasteiger partial charge >= 0.3 is 0 Å². The van der Waals surface area contributed by atoms with E-state index in [0.29, 0.717) is 10.1 Å². The SMILES string of the molecule is O=S(=O)(Nc1nccs1)c1nnc2sc3ccccc3n12. The van der Waals surface area contributed by atoms with Gasteiger partial charge in [0.2, 0.25) is 4.96 Å². The Labute approximate surface area is 127 Å². The average molecular weight is 337 g/mol. The van der Waals surface area contributed by atoms with Crippen molar-refractivity contribution < 1.29 is 8.42 Å².